The maximum Gasteiger partial charge on any atom is 0.405 e. The van der Waals surface area contributed by atoms with Crippen LogP contribution in [0.2, 0.25) is 10.0 Å². The van der Waals surface area contributed by atoms with E-state index >= 15 is 0 Å². The van der Waals surface area contributed by atoms with Crippen LogP contribution >= 0.6 is 23.2 Å². The molecule has 0 aliphatic heterocycles. The highest BCUT2D eigenvalue weighted by atomic mass is 35.5. The van der Waals surface area contributed by atoms with E-state index in [0.717, 1.165) is 11.4 Å². The number of nitrogens with one attached hydrogen (secondary N) is 3. The lowest BCUT2D eigenvalue weighted by molar-refractivity contribution is -0.165. The topological polar surface area (TPSA) is 104 Å². The molecule has 2 aromatic carbocycles. The van der Waals surface area contributed by atoms with Crippen molar-refractivity contribution in [1.82, 2.24) is 16.0 Å². The van der Waals surface area contributed by atoms with Crippen LogP contribution in [0.4, 0.5) is 22.0 Å². The van der Waals surface area contributed by atoms with Crippen molar-refractivity contribution in [3.05, 3.63) is 75.8 Å². The lowest BCUT2D eigenvalue weighted by Gasteiger charge is -2.27. The number of rotatable bonds is 11. The van der Waals surface area contributed by atoms with Crippen LogP contribution in [0, 0.1) is 5.92 Å². The molecular weight excluding hydrogens is 584 g/mol. The molecule has 0 spiro atoms. The Balaban J connectivity index is 2.27. The fourth-order valence-electron chi connectivity index (χ4n) is 3.35. The van der Waals surface area contributed by atoms with Gasteiger partial charge in [-0.3, -0.25) is 19.2 Å². The molecule has 0 radical (unpaired) electrons. The van der Waals surface area contributed by atoms with Crippen LogP contribution in [0.25, 0.3) is 6.08 Å². The van der Waals surface area contributed by atoms with Gasteiger partial charge in [-0.1, -0.05) is 67.4 Å². The molecule has 7 nitrogen and oxygen atoms in total. The fraction of sp³-hybridized carbons (Fsp3) is 0.308. The minimum Gasteiger partial charge on any atom is -0.344 e. The zero-order chi connectivity index (χ0) is 30.3. The van der Waals surface area contributed by atoms with Gasteiger partial charge in [0.15, 0.2) is 0 Å². The first kappa shape index (κ1) is 32.7. The van der Waals surface area contributed by atoms with Crippen molar-refractivity contribution in [2.75, 3.05) is 6.54 Å². The lowest BCUT2D eigenvalue weighted by atomic mass is 9.94. The molecule has 40 heavy (non-hydrogen) atoms. The predicted octanol–water partition coefficient (Wildman–Crippen LogP) is 4.89. The first-order chi connectivity index (χ1) is 18.5. The molecule has 0 unspecified atom stereocenters. The summed E-state index contributed by atoms with van der Waals surface area (Å²) in [5.74, 6) is -12.4. The Morgan fingerprint density at radius 2 is 1.48 bits per heavy atom. The highest BCUT2D eigenvalue weighted by Gasteiger charge is 2.52. The van der Waals surface area contributed by atoms with E-state index in [4.69, 9.17) is 23.2 Å². The number of ketones is 1. The third-order valence-electron chi connectivity index (χ3n) is 5.28. The van der Waals surface area contributed by atoms with Crippen molar-refractivity contribution in [3.8, 4) is 0 Å². The molecule has 0 aliphatic carbocycles. The summed E-state index contributed by atoms with van der Waals surface area (Å²) < 4.78 is 66.1. The van der Waals surface area contributed by atoms with Gasteiger partial charge in [-0.15, -0.1) is 0 Å². The summed E-state index contributed by atoms with van der Waals surface area (Å²) in [6.45, 7) is 0.480. The highest BCUT2D eigenvalue weighted by Crippen LogP contribution is 2.23. The summed E-state index contributed by atoms with van der Waals surface area (Å²) in [5.41, 5.74) is 0.682. The van der Waals surface area contributed by atoms with Gasteiger partial charge in [-0.05, 0) is 41.3 Å². The molecule has 0 heterocycles. The number of halogens is 7. The molecule has 0 aromatic heterocycles. The van der Waals surface area contributed by atoms with E-state index in [0.29, 0.717) is 15.6 Å². The third kappa shape index (κ3) is 9.60. The van der Waals surface area contributed by atoms with Gasteiger partial charge >= 0.3 is 12.1 Å². The smallest absolute Gasteiger partial charge is 0.344 e. The Morgan fingerprint density at radius 3 is 2.00 bits per heavy atom. The fourth-order valence-corrected chi connectivity index (χ4v) is 3.89. The second-order valence-electron chi connectivity index (χ2n) is 8.86. The van der Waals surface area contributed by atoms with Crippen molar-refractivity contribution in [2.45, 2.75) is 38.0 Å². The molecule has 14 heteroatoms. The standard InChI is InChI=1S/C26H24Cl2F5N3O4/c1-14(2)20(22(38)26(32,33)24(40)34-13-25(29,30)31)36-23(39)21(16-6-4-3-5-7-16)35-19(37)9-8-15-10-17(27)12-18(28)11-15/h3-12,14,20-21H,13H2,1-2H3,(H,34,40)(H,35,37)(H,36,39)/t20-,21-/m0/s1. The molecule has 3 amide bonds. The monoisotopic (exact) mass is 607 g/mol. The summed E-state index contributed by atoms with van der Waals surface area (Å²) >= 11 is 11.9. The van der Waals surface area contributed by atoms with Gasteiger partial charge in [0.25, 0.3) is 5.91 Å². The molecule has 0 saturated carbocycles. The first-order valence-corrected chi connectivity index (χ1v) is 12.3. The number of hydrogen-bond acceptors (Lipinski definition) is 4. The number of hydrogen-bond donors (Lipinski definition) is 3. The summed E-state index contributed by atoms with van der Waals surface area (Å²) in [6, 6.07) is 8.63. The maximum absolute atomic E-state index is 14.5. The summed E-state index contributed by atoms with van der Waals surface area (Å²) in [5, 5.41) is 6.09. The SMILES string of the molecule is CC(C)[C@H](NC(=O)[C@@H](NC(=O)C=Cc1cc(Cl)cc(Cl)c1)c1ccccc1)C(=O)C(F)(F)C(=O)NCC(F)(F)F. The van der Waals surface area contributed by atoms with Crippen LogP contribution in [0.1, 0.15) is 31.0 Å². The van der Waals surface area contributed by atoms with E-state index in [2.05, 4.69) is 10.6 Å². The molecule has 2 aromatic rings. The van der Waals surface area contributed by atoms with Crippen molar-refractivity contribution in [3.63, 3.8) is 0 Å². The quantitative estimate of drug-likeness (QED) is 0.192. The largest absolute Gasteiger partial charge is 0.405 e. The Labute approximate surface area is 236 Å². The third-order valence-corrected chi connectivity index (χ3v) is 5.72. The van der Waals surface area contributed by atoms with Gasteiger partial charge in [0.2, 0.25) is 17.6 Å². The molecule has 0 aliphatic rings. The van der Waals surface area contributed by atoms with Crippen molar-refractivity contribution in [1.29, 1.82) is 0 Å². The minimum atomic E-state index is -4.99. The average molecular weight is 608 g/mol. The zero-order valence-corrected chi connectivity index (χ0v) is 22.5. The van der Waals surface area contributed by atoms with E-state index in [1.807, 2.05) is 0 Å². The van der Waals surface area contributed by atoms with Crippen LogP contribution in [-0.2, 0) is 19.2 Å². The molecule has 0 saturated heterocycles. The highest BCUT2D eigenvalue weighted by molar-refractivity contribution is 6.34. The van der Waals surface area contributed by atoms with E-state index in [1.165, 1.54) is 62.4 Å². The van der Waals surface area contributed by atoms with Gasteiger partial charge in [0.1, 0.15) is 12.6 Å². The molecule has 2 atom stereocenters. The first-order valence-electron chi connectivity index (χ1n) is 11.6. The minimum absolute atomic E-state index is 0.220. The second-order valence-corrected chi connectivity index (χ2v) is 9.73. The van der Waals surface area contributed by atoms with E-state index in [9.17, 15) is 41.1 Å². The number of alkyl halides is 5. The second kappa shape index (κ2) is 13.7. The molecule has 0 bridgehead atoms. The number of benzene rings is 2. The van der Waals surface area contributed by atoms with Crippen LogP contribution < -0.4 is 16.0 Å². The van der Waals surface area contributed by atoms with Gasteiger partial charge in [0.05, 0.1) is 6.04 Å². The Bertz CT molecular complexity index is 1250. The molecular formula is C26H24Cl2F5N3O4. The van der Waals surface area contributed by atoms with Gasteiger partial charge in [-0.25, -0.2) is 0 Å². The molecule has 2 rings (SSSR count). The van der Waals surface area contributed by atoms with Crippen LogP contribution in [0.15, 0.2) is 54.6 Å². The Hall–Kier alpha value is -3.51. The number of carbonyl (C=O) groups excluding carboxylic acids is 4. The average Bonchev–Trinajstić information content (AvgIpc) is 2.86. The Morgan fingerprint density at radius 1 is 0.900 bits per heavy atom. The van der Waals surface area contributed by atoms with Crippen LogP contribution in [0.5, 0.6) is 0 Å². The Kier molecular flexibility index (Phi) is 11.2. The normalized spacial score (nSPS) is 13.6. The lowest BCUT2D eigenvalue weighted by Crippen LogP contribution is -2.58. The van der Waals surface area contributed by atoms with Gasteiger partial charge < -0.3 is 16.0 Å². The number of carbonyl (C=O) groups is 4. The van der Waals surface area contributed by atoms with E-state index < -0.39 is 60.1 Å². The predicted molar refractivity (Wildman–Crippen MR) is 139 cm³/mol. The van der Waals surface area contributed by atoms with Crippen LogP contribution in [-0.4, -0.2) is 48.2 Å². The summed E-state index contributed by atoms with van der Waals surface area (Å²) in [4.78, 5) is 50.1. The van der Waals surface area contributed by atoms with Crippen molar-refractivity contribution >= 4 is 52.8 Å². The van der Waals surface area contributed by atoms with Crippen molar-refractivity contribution < 1.29 is 41.1 Å². The van der Waals surface area contributed by atoms with Gasteiger partial charge in [-0.2, -0.15) is 22.0 Å². The zero-order valence-electron chi connectivity index (χ0n) is 21.0. The molecule has 216 valence electrons. The van der Waals surface area contributed by atoms with E-state index in [-0.39, 0.29) is 5.56 Å². The van der Waals surface area contributed by atoms with Crippen molar-refractivity contribution in [2.24, 2.45) is 5.92 Å². The molecule has 3 N–H and O–H groups in total. The van der Waals surface area contributed by atoms with Gasteiger partial charge in [0, 0.05) is 16.1 Å². The summed E-state index contributed by atoms with van der Waals surface area (Å²) in [6.07, 6.45) is -2.57. The number of amides is 3. The maximum atomic E-state index is 14.5. The van der Waals surface area contributed by atoms with E-state index in [1.54, 1.807) is 6.07 Å². The summed E-state index contributed by atoms with van der Waals surface area (Å²) in [7, 11) is 0. The van der Waals surface area contributed by atoms with Crippen LogP contribution in [0.3, 0.4) is 0 Å². The number of Topliss-reactive ketones (excluding diaryl/α,β-unsaturated/α-hetero) is 1. The molecule has 0 fully saturated rings.